The third-order valence-electron chi connectivity index (χ3n) is 2.19. The standard InChI is InChI=1S/C11H15NO2/c1-8(7-11(12)13)9-3-5-10(14-2)6-4-9/h3-6,8H,7H2,1-2H3,(H2,12,13)/t8-/m1/s1. The van der Waals surface area contributed by atoms with Crippen LogP contribution >= 0.6 is 0 Å². The fourth-order valence-corrected chi connectivity index (χ4v) is 1.35. The Morgan fingerprint density at radius 3 is 2.43 bits per heavy atom. The normalized spacial score (nSPS) is 12.1. The zero-order chi connectivity index (χ0) is 10.6. The molecule has 0 aliphatic heterocycles. The van der Waals surface area contributed by atoms with Crippen LogP contribution in [-0.4, -0.2) is 13.0 Å². The van der Waals surface area contributed by atoms with Gasteiger partial charge in [-0.2, -0.15) is 0 Å². The van der Waals surface area contributed by atoms with Gasteiger partial charge in [-0.05, 0) is 23.6 Å². The van der Waals surface area contributed by atoms with E-state index < -0.39 is 0 Å². The molecule has 0 heterocycles. The van der Waals surface area contributed by atoms with E-state index in [9.17, 15) is 4.79 Å². The Morgan fingerprint density at radius 2 is 2.00 bits per heavy atom. The molecule has 0 fully saturated rings. The Kier molecular flexibility index (Phi) is 3.51. The van der Waals surface area contributed by atoms with Crippen LogP contribution in [0, 0.1) is 0 Å². The predicted molar refractivity (Wildman–Crippen MR) is 55.2 cm³/mol. The summed E-state index contributed by atoms with van der Waals surface area (Å²) in [7, 11) is 1.63. The lowest BCUT2D eigenvalue weighted by Gasteiger charge is -2.09. The molecule has 14 heavy (non-hydrogen) atoms. The van der Waals surface area contributed by atoms with Gasteiger partial charge in [0.25, 0.3) is 0 Å². The van der Waals surface area contributed by atoms with Crippen LogP contribution in [0.25, 0.3) is 0 Å². The maximum atomic E-state index is 10.7. The van der Waals surface area contributed by atoms with Crippen molar-refractivity contribution in [1.82, 2.24) is 0 Å². The fraction of sp³-hybridized carbons (Fsp3) is 0.364. The molecule has 1 amide bonds. The van der Waals surface area contributed by atoms with Crippen LogP contribution in [0.1, 0.15) is 24.8 Å². The SMILES string of the molecule is COc1ccc([C@H](C)CC(N)=O)cc1. The second kappa shape index (κ2) is 4.65. The number of hydrogen-bond acceptors (Lipinski definition) is 2. The topological polar surface area (TPSA) is 52.3 Å². The summed E-state index contributed by atoms with van der Waals surface area (Å²) in [5.74, 6) is 0.715. The van der Waals surface area contributed by atoms with E-state index in [4.69, 9.17) is 10.5 Å². The highest BCUT2D eigenvalue weighted by Gasteiger charge is 2.08. The molecule has 76 valence electrons. The molecular formula is C11H15NO2. The van der Waals surface area contributed by atoms with Crippen molar-refractivity contribution in [3.05, 3.63) is 29.8 Å². The van der Waals surface area contributed by atoms with Gasteiger partial charge in [0.1, 0.15) is 5.75 Å². The van der Waals surface area contributed by atoms with Gasteiger partial charge < -0.3 is 10.5 Å². The van der Waals surface area contributed by atoms with E-state index in [0.29, 0.717) is 6.42 Å². The third-order valence-corrected chi connectivity index (χ3v) is 2.19. The molecular weight excluding hydrogens is 178 g/mol. The van der Waals surface area contributed by atoms with Crippen molar-refractivity contribution >= 4 is 5.91 Å². The van der Waals surface area contributed by atoms with E-state index in [1.807, 2.05) is 31.2 Å². The number of nitrogens with two attached hydrogens (primary N) is 1. The molecule has 0 aliphatic carbocycles. The molecule has 0 bridgehead atoms. The van der Waals surface area contributed by atoms with Crippen LogP contribution in [0.4, 0.5) is 0 Å². The van der Waals surface area contributed by atoms with Gasteiger partial charge in [-0.25, -0.2) is 0 Å². The smallest absolute Gasteiger partial charge is 0.218 e. The second-order valence-corrected chi connectivity index (χ2v) is 3.34. The molecule has 0 aliphatic rings. The van der Waals surface area contributed by atoms with Gasteiger partial charge in [0, 0.05) is 6.42 Å². The Hall–Kier alpha value is -1.51. The van der Waals surface area contributed by atoms with Gasteiger partial charge in [-0.3, -0.25) is 4.79 Å². The fourth-order valence-electron chi connectivity index (χ4n) is 1.35. The van der Waals surface area contributed by atoms with Crippen LogP contribution < -0.4 is 10.5 Å². The molecule has 1 atom stereocenters. The maximum Gasteiger partial charge on any atom is 0.218 e. The highest BCUT2D eigenvalue weighted by Crippen LogP contribution is 2.21. The highest BCUT2D eigenvalue weighted by molar-refractivity contribution is 5.74. The van der Waals surface area contributed by atoms with E-state index in [0.717, 1.165) is 11.3 Å². The minimum atomic E-state index is -0.270. The first-order valence-electron chi connectivity index (χ1n) is 4.55. The van der Waals surface area contributed by atoms with Crippen LogP contribution in [0.15, 0.2) is 24.3 Å². The van der Waals surface area contributed by atoms with Gasteiger partial charge in [0.2, 0.25) is 5.91 Å². The van der Waals surface area contributed by atoms with Gasteiger partial charge in [-0.1, -0.05) is 19.1 Å². The van der Waals surface area contributed by atoms with Crippen molar-refractivity contribution in [2.24, 2.45) is 5.73 Å². The Labute approximate surface area is 83.9 Å². The van der Waals surface area contributed by atoms with Gasteiger partial charge in [-0.15, -0.1) is 0 Å². The lowest BCUT2D eigenvalue weighted by Crippen LogP contribution is -2.13. The molecule has 1 aromatic rings. The third kappa shape index (κ3) is 2.76. The molecule has 1 rings (SSSR count). The summed E-state index contributed by atoms with van der Waals surface area (Å²) < 4.78 is 5.04. The summed E-state index contributed by atoms with van der Waals surface area (Å²) in [6.07, 6.45) is 0.381. The number of hydrogen-bond donors (Lipinski definition) is 1. The largest absolute Gasteiger partial charge is 0.497 e. The lowest BCUT2D eigenvalue weighted by atomic mass is 9.98. The van der Waals surface area contributed by atoms with E-state index in [1.165, 1.54) is 0 Å². The second-order valence-electron chi connectivity index (χ2n) is 3.34. The molecule has 0 saturated heterocycles. The molecule has 2 N–H and O–H groups in total. The molecule has 3 heteroatoms. The summed E-state index contributed by atoms with van der Waals surface area (Å²) in [6, 6.07) is 7.67. The van der Waals surface area contributed by atoms with Crippen molar-refractivity contribution in [1.29, 1.82) is 0 Å². The number of ether oxygens (including phenoxy) is 1. The highest BCUT2D eigenvalue weighted by atomic mass is 16.5. The average Bonchev–Trinajstić information content (AvgIpc) is 2.17. The number of carbonyl (C=O) groups is 1. The zero-order valence-electron chi connectivity index (χ0n) is 8.49. The number of amides is 1. The summed E-state index contributed by atoms with van der Waals surface area (Å²) >= 11 is 0. The summed E-state index contributed by atoms with van der Waals surface area (Å²) in [4.78, 5) is 10.7. The van der Waals surface area contributed by atoms with E-state index in [2.05, 4.69) is 0 Å². The number of benzene rings is 1. The molecule has 0 aromatic heterocycles. The zero-order valence-corrected chi connectivity index (χ0v) is 8.49. The van der Waals surface area contributed by atoms with Crippen molar-refractivity contribution in [3.63, 3.8) is 0 Å². The first-order chi connectivity index (χ1) is 6.63. The van der Waals surface area contributed by atoms with Crippen LogP contribution in [0.2, 0.25) is 0 Å². The van der Waals surface area contributed by atoms with Crippen molar-refractivity contribution in [2.45, 2.75) is 19.3 Å². The number of carbonyl (C=O) groups excluding carboxylic acids is 1. The van der Waals surface area contributed by atoms with E-state index >= 15 is 0 Å². The summed E-state index contributed by atoms with van der Waals surface area (Å²) in [5, 5.41) is 0. The van der Waals surface area contributed by atoms with Crippen LogP contribution in [0.5, 0.6) is 5.75 Å². The quantitative estimate of drug-likeness (QED) is 0.790. The summed E-state index contributed by atoms with van der Waals surface area (Å²) in [6.45, 7) is 1.98. The summed E-state index contributed by atoms with van der Waals surface area (Å²) in [5.41, 5.74) is 6.22. The van der Waals surface area contributed by atoms with Crippen molar-refractivity contribution in [3.8, 4) is 5.75 Å². The first kappa shape index (κ1) is 10.6. The lowest BCUT2D eigenvalue weighted by molar-refractivity contribution is -0.118. The molecule has 0 unspecified atom stereocenters. The minimum absolute atomic E-state index is 0.165. The average molecular weight is 193 g/mol. The van der Waals surface area contributed by atoms with Gasteiger partial charge >= 0.3 is 0 Å². The molecule has 1 aromatic carbocycles. The Bertz CT molecular complexity index is 306. The number of methoxy groups -OCH3 is 1. The predicted octanol–water partition coefficient (Wildman–Crippen LogP) is 1.67. The van der Waals surface area contributed by atoms with E-state index in [1.54, 1.807) is 7.11 Å². The van der Waals surface area contributed by atoms with Gasteiger partial charge in [0.05, 0.1) is 7.11 Å². The van der Waals surface area contributed by atoms with Crippen molar-refractivity contribution in [2.75, 3.05) is 7.11 Å². The molecule has 3 nitrogen and oxygen atoms in total. The van der Waals surface area contributed by atoms with E-state index in [-0.39, 0.29) is 11.8 Å². The van der Waals surface area contributed by atoms with Crippen LogP contribution in [-0.2, 0) is 4.79 Å². The first-order valence-corrected chi connectivity index (χ1v) is 4.55. The Morgan fingerprint density at radius 1 is 1.43 bits per heavy atom. The maximum absolute atomic E-state index is 10.7. The molecule has 0 spiro atoms. The van der Waals surface area contributed by atoms with Gasteiger partial charge in [0.15, 0.2) is 0 Å². The molecule has 0 saturated carbocycles. The number of primary amides is 1. The minimum Gasteiger partial charge on any atom is -0.497 e. The van der Waals surface area contributed by atoms with Crippen LogP contribution in [0.3, 0.4) is 0 Å². The van der Waals surface area contributed by atoms with Crippen molar-refractivity contribution < 1.29 is 9.53 Å². The Balaban J connectivity index is 2.71. The number of rotatable bonds is 4. The monoisotopic (exact) mass is 193 g/mol. The molecule has 0 radical (unpaired) electrons.